The predicted molar refractivity (Wildman–Crippen MR) is 85.7 cm³/mol. The first-order valence-electron chi connectivity index (χ1n) is 7.40. The van der Waals surface area contributed by atoms with Gasteiger partial charge in [-0.3, -0.25) is 9.59 Å². The van der Waals surface area contributed by atoms with E-state index in [9.17, 15) is 9.59 Å². The van der Waals surface area contributed by atoms with Crippen molar-refractivity contribution in [1.29, 1.82) is 0 Å². The maximum atomic E-state index is 12.6. The highest BCUT2D eigenvalue weighted by atomic mass is 35.5. The van der Waals surface area contributed by atoms with Crippen molar-refractivity contribution in [2.45, 2.75) is 19.3 Å². The molecule has 5 nitrogen and oxygen atoms in total. The molecule has 1 saturated heterocycles. The largest absolute Gasteiger partial charge is 0.370 e. The Balaban J connectivity index is 1.74. The number of primary amides is 1. The van der Waals surface area contributed by atoms with Gasteiger partial charge in [0.15, 0.2) is 0 Å². The van der Waals surface area contributed by atoms with Gasteiger partial charge in [-0.15, -0.1) is 0 Å². The number of carbonyl (C=O) groups excluding carboxylic acids is 2. The summed E-state index contributed by atoms with van der Waals surface area (Å²) in [6.07, 6.45) is 1.99. The highest BCUT2D eigenvalue weighted by Crippen LogP contribution is 2.29. The monoisotopic (exact) mass is 319 g/mol. The minimum Gasteiger partial charge on any atom is -0.370 e. The van der Waals surface area contributed by atoms with Crippen LogP contribution >= 0.6 is 11.6 Å². The second kappa shape index (κ2) is 6.01. The third-order valence-electron chi connectivity index (χ3n) is 4.25. The number of benzene rings is 1. The van der Waals surface area contributed by atoms with E-state index in [1.165, 1.54) is 0 Å². The summed E-state index contributed by atoms with van der Waals surface area (Å²) in [4.78, 5) is 28.5. The van der Waals surface area contributed by atoms with E-state index in [1.54, 1.807) is 4.90 Å². The van der Waals surface area contributed by atoms with Gasteiger partial charge in [0.25, 0.3) is 5.91 Å². The minimum atomic E-state index is -0.275. The van der Waals surface area contributed by atoms with Crippen LogP contribution in [-0.2, 0) is 4.79 Å². The fourth-order valence-electron chi connectivity index (χ4n) is 3.04. The fraction of sp³-hybridized carbons (Fsp3) is 0.375. The van der Waals surface area contributed by atoms with Gasteiger partial charge in [-0.25, -0.2) is 0 Å². The molecule has 1 fully saturated rings. The molecule has 0 saturated carbocycles. The van der Waals surface area contributed by atoms with Crippen LogP contribution < -0.4 is 5.73 Å². The minimum absolute atomic E-state index is 0.0845. The number of halogens is 1. The van der Waals surface area contributed by atoms with Crippen LogP contribution in [0.25, 0.3) is 10.9 Å². The lowest BCUT2D eigenvalue weighted by molar-refractivity contribution is -0.119. The molecule has 1 aliphatic rings. The quantitative estimate of drug-likeness (QED) is 0.911. The maximum Gasteiger partial charge on any atom is 0.271 e. The van der Waals surface area contributed by atoms with Crippen LogP contribution in [0.15, 0.2) is 24.3 Å². The summed E-state index contributed by atoms with van der Waals surface area (Å²) in [5, 5.41) is 1.33. The number of piperidine rings is 1. The molecule has 6 heteroatoms. The van der Waals surface area contributed by atoms with Crippen LogP contribution in [0.2, 0.25) is 5.02 Å². The van der Waals surface area contributed by atoms with E-state index < -0.39 is 0 Å². The molecule has 2 amide bonds. The number of fused-ring (bicyclic) bond motifs is 1. The van der Waals surface area contributed by atoms with Crippen molar-refractivity contribution in [3.8, 4) is 0 Å². The summed E-state index contributed by atoms with van der Waals surface area (Å²) >= 11 is 6.33. The molecule has 3 rings (SSSR count). The molecule has 2 heterocycles. The SMILES string of the molecule is NC(=O)CC1CCN(C(=O)c2[nH]c3ccccc3c2Cl)CC1. The Hall–Kier alpha value is -2.01. The molecule has 0 spiro atoms. The Morgan fingerprint density at radius 1 is 1.27 bits per heavy atom. The van der Waals surface area contributed by atoms with Crippen LogP contribution in [0, 0.1) is 5.92 Å². The lowest BCUT2D eigenvalue weighted by Gasteiger charge is -2.31. The molecule has 22 heavy (non-hydrogen) atoms. The first-order chi connectivity index (χ1) is 10.6. The number of amides is 2. The summed E-state index contributed by atoms with van der Waals surface area (Å²) in [7, 11) is 0. The van der Waals surface area contributed by atoms with Crippen molar-refractivity contribution in [1.82, 2.24) is 9.88 Å². The Morgan fingerprint density at radius 2 is 1.95 bits per heavy atom. The molecule has 0 atom stereocenters. The van der Waals surface area contributed by atoms with Crippen molar-refractivity contribution in [2.24, 2.45) is 11.7 Å². The van der Waals surface area contributed by atoms with Crippen molar-refractivity contribution >= 4 is 34.3 Å². The van der Waals surface area contributed by atoms with Crippen LogP contribution in [0.4, 0.5) is 0 Å². The zero-order valence-electron chi connectivity index (χ0n) is 12.1. The molecule has 0 bridgehead atoms. The number of para-hydroxylation sites is 1. The fourth-order valence-corrected chi connectivity index (χ4v) is 3.33. The van der Waals surface area contributed by atoms with E-state index in [1.807, 2.05) is 24.3 Å². The third-order valence-corrected chi connectivity index (χ3v) is 4.64. The lowest BCUT2D eigenvalue weighted by atomic mass is 9.93. The van der Waals surface area contributed by atoms with E-state index in [0.29, 0.717) is 30.2 Å². The number of carbonyl (C=O) groups is 2. The van der Waals surface area contributed by atoms with Gasteiger partial charge in [-0.05, 0) is 24.8 Å². The summed E-state index contributed by atoms with van der Waals surface area (Å²) in [6.45, 7) is 1.25. The number of hydrogen-bond donors (Lipinski definition) is 2. The highest BCUT2D eigenvalue weighted by molar-refractivity contribution is 6.38. The molecule has 1 aromatic heterocycles. The molecule has 0 unspecified atom stereocenters. The van der Waals surface area contributed by atoms with Crippen LogP contribution in [0.1, 0.15) is 29.8 Å². The average Bonchev–Trinajstić information content (AvgIpc) is 2.84. The van der Waals surface area contributed by atoms with Gasteiger partial charge in [0, 0.05) is 30.4 Å². The van der Waals surface area contributed by atoms with E-state index in [-0.39, 0.29) is 17.7 Å². The van der Waals surface area contributed by atoms with Crippen LogP contribution in [-0.4, -0.2) is 34.8 Å². The third kappa shape index (κ3) is 2.81. The number of aromatic amines is 1. The smallest absolute Gasteiger partial charge is 0.271 e. The van der Waals surface area contributed by atoms with Gasteiger partial charge in [-0.2, -0.15) is 0 Å². The van der Waals surface area contributed by atoms with E-state index >= 15 is 0 Å². The summed E-state index contributed by atoms with van der Waals surface area (Å²) in [6, 6.07) is 7.59. The van der Waals surface area contributed by atoms with Gasteiger partial charge in [0.1, 0.15) is 5.69 Å². The molecule has 0 radical (unpaired) electrons. The summed E-state index contributed by atoms with van der Waals surface area (Å²) in [5.74, 6) is -0.0816. The molecule has 3 N–H and O–H groups in total. The summed E-state index contributed by atoms with van der Waals surface area (Å²) in [5.41, 5.74) is 6.53. The second-order valence-corrected chi connectivity index (χ2v) is 6.14. The van der Waals surface area contributed by atoms with Crippen LogP contribution in [0.3, 0.4) is 0 Å². The Bertz CT molecular complexity index is 717. The molecule has 0 aliphatic carbocycles. The van der Waals surface area contributed by atoms with Crippen molar-refractivity contribution < 1.29 is 9.59 Å². The Labute approximate surface area is 133 Å². The number of nitrogens with zero attached hydrogens (tertiary/aromatic N) is 1. The van der Waals surface area contributed by atoms with Gasteiger partial charge in [-0.1, -0.05) is 29.8 Å². The van der Waals surface area contributed by atoms with Crippen LogP contribution in [0.5, 0.6) is 0 Å². The van der Waals surface area contributed by atoms with Gasteiger partial charge in [0.2, 0.25) is 5.91 Å². The van der Waals surface area contributed by atoms with E-state index in [2.05, 4.69) is 4.98 Å². The number of hydrogen-bond acceptors (Lipinski definition) is 2. The second-order valence-electron chi connectivity index (χ2n) is 5.77. The van der Waals surface area contributed by atoms with Crippen molar-refractivity contribution in [3.63, 3.8) is 0 Å². The summed E-state index contributed by atoms with van der Waals surface area (Å²) < 4.78 is 0. The van der Waals surface area contributed by atoms with Gasteiger partial charge < -0.3 is 15.6 Å². The first-order valence-corrected chi connectivity index (χ1v) is 7.78. The Kier molecular flexibility index (Phi) is 4.07. The van der Waals surface area contributed by atoms with Gasteiger partial charge in [0.05, 0.1) is 5.02 Å². The number of nitrogens with one attached hydrogen (secondary N) is 1. The van der Waals surface area contributed by atoms with Gasteiger partial charge >= 0.3 is 0 Å². The zero-order valence-corrected chi connectivity index (χ0v) is 12.9. The number of nitrogens with two attached hydrogens (primary N) is 1. The highest BCUT2D eigenvalue weighted by Gasteiger charge is 2.27. The lowest BCUT2D eigenvalue weighted by Crippen LogP contribution is -2.39. The molecule has 1 aliphatic heterocycles. The molecule has 1 aromatic carbocycles. The number of H-pyrrole nitrogens is 1. The predicted octanol–water partition coefficient (Wildman–Crippen LogP) is 2.55. The average molecular weight is 320 g/mol. The number of likely N-dealkylation sites (tertiary alicyclic amines) is 1. The maximum absolute atomic E-state index is 12.6. The first kappa shape index (κ1) is 14.9. The number of rotatable bonds is 3. The standard InChI is InChI=1S/C16H18ClN3O2/c17-14-11-3-1-2-4-12(11)19-15(14)16(22)20-7-5-10(6-8-20)9-13(18)21/h1-4,10,19H,5-9H2,(H2,18,21). The topological polar surface area (TPSA) is 79.2 Å². The molecular formula is C16H18ClN3O2. The normalized spacial score (nSPS) is 16.1. The molecule has 116 valence electrons. The van der Waals surface area contributed by atoms with Crippen molar-refractivity contribution in [3.05, 3.63) is 35.0 Å². The van der Waals surface area contributed by atoms with Crippen molar-refractivity contribution in [2.75, 3.05) is 13.1 Å². The zero-order chi connectivity index (χ0) is 15.7. The molecule has 2 aromatic rings. The number of aromatic nitrogens is 1. The van der Waals surface area contributed by atoms with E-state index in [0.717, 1.165) is 23.7 Å². The van der Waals surface area contributed by atoms with E-state index in [4.69, 9.17) is 17.3 Å². The molecular weight excluding hydrogens is 302 g/mol. The Morgan fingerprint density at radius 3 is 2.59 bits per heavy atom.